The molecule has 0 spiro atoms. The quantitative estimate of drug-likeness (QED) is 0.754. The number of pyridine rings is 2. The van der Waals surface area contributed by atoms with E-state index < -0.39 is 0 Å². The number of aromatic hydroxyl groups is 1. The summed E-state index contributed by atoms with van der Waals surface area (Å²) in [6, 6.07) is 5.28. The lowest BCUT2D eigenvalue weighted by atomic mass is 10.2. The van der Waals surface area contributed by atoms with E-state index in [4.69, 9.17) is 4.52 Å². The van der Waals surface area contributed by atoms with Gasteiger partial charge in [0.1, 0.15) is 11.4 Å². The smallest absolute Gasteiger partial charge is 0.259 e. The maximum absolute atomic E-state index is 9.38. The van der Waals surface area contributed by atoms with Gasteiger partial charge < -0.3 is 9.63 Å². The zero-order valence-electron chi connectivity index (χ0n) is 10.1. The van der Waals surface area contributed by atoms with Crippen molar-refractivity contribution >= 4 is 0 Å². The molecule has 1 N–H and O–H groups in total. The molecule has 0 aliphatic carbocycles. The molecule has 0 unspecified atom stereocenters. The van der Waals surface area contributed by atoms with Crippen LogP contribution >= 0.6 is 0 Å². The van der Waals surface area contributed by atoms with Gasteiger partial charge in [0.15, 0.2) is 0 Å². The third-order valence-electron chi connectivity index (χ3n) is 2.62. The summed E-state index contributed by atoms with van der Waals surface area (Å²) in [4.78, 5) is 12.4. The maximum Gasteiger partial charge on any atom is 0.259 e. The Morgan fingerprint density at radius 2 is 2.16 bits per heavy atom. The predicted molar refractivity (Wildman–Crippen MR) is 67.2 cm³/mol. The zero-order valence-corrected chi connectivity index (χ0v) is 10.1. The van der Waals surface area contributed by atoms with Crippen LogP contribution in [0, 0.1) is 6.92 Å². The van der Waals surface area contributed by atoms with E-state index in [-0.39, 0.29) is 5.75 Å². The summed E-state index contributed by atoms with van der Waals surface area (Å²) in [7, 11) is 0. The first-order valence-electron chi connectivity index (χ1n) is 5.64. The van der Waals surface area contributed by atoms with Gasteiger partial charge in [0.2, 0.25) is 5.82 Å². The van der Waals surface area contributed by atoms with Gasteiger partial charge in [0, 0.05) is 12.4 Å². The van der Waals surface area contributed by atoms with Crippen molar-refractivity contribution in [1.29, 1.82) is 0 Å². The highest BCUT2D eigenvalue weighted by Gasteiger charge is 2.13. The van der Waals surface area contributed by atoms with Crippen LogP contribution in [-0.4, -0.2) is 25.2 Å². The molecule has 0 aliphatic heterocycles. The minimum atomic E-state index is 0.0475. The Balaban J connectivity index is 2.03. The second kappa shape index (κ2) is 4.49. The summed E-state index contributed by atoms with van der Waals surface area (Å²) >= 11 is 0. The molecule has 6 nitrogen and oxygen atoms in total. The van der Waals surface area contributed by atoms with E-state index in [1.165, 1.54) is 12.3 Å². The molecule has 6 heteroatoms. The van der Waals surface area contributed by atoms with E-state index >= 15 is 0 Å². The molecule has 0 aliphatic rings. The van der Waals surface area contributed by atoms with E-state index in [1.807, 2.05) is 19.1 Å². The van der Waals surface area contributed by atoms with Gasteiger partial charge in [-0.1, -0.05) is 11.2 Å². The fraction of sp³-hybridized carbons (Fsp3) is 0.0769. The van der Waals surface area contributed by atoms with Gasteiger partial charge in [-0.2, -0.15) is 4.98 Å². The SMILES string of the molecule is Cc1cccnc1-c1noc(-c2cncc(O)c2)n1. The molecule has 94 valence electrons. The van der Waals surface area contributed by atoms with Gasteiger partial charge in [-0.25, -0.2) is 0 Å². The van der Waals surface area contributed by atoms with Crippen LogP contribution in [0.25, 0.3) is 23.0 Å². The molecule has 0 amide bonds. The van der Waals surface area contributed by atoms with Gasteiger partial charge in [-0.15, -0.1) is 0 Å². The van der Waals surface area contributed by atoms with E-state index in [0.29, 0.717) is 23.0 Å². The van der Waals surface area contributed by atoms with E-state index in [2.05, 4.69) is 20.1 Å². The second-order valence-corrected chi connectivity index (χ2v) is 4.02. The van der Waals surface area contributed by atoms with Gasteiger partial charge in [0.05, 0.1) is 11.8 Å². The molecule has 0 aromatic carbocycles. The molecule has 0 atom stereocenters. The van der Waals surface area contributed by atoms with Crippen LogP contribution in [0.5, 0.6) is 5.75 Å². The van der Waals surface area contributed by atoms with Crippen molar-refractivity contribution in [2.24, 2.45) is 0 Å². The molecular weight excluding hydrogens is 244 g/mol. The van der Waals surface area contributed by atoms with Gasteiger partial charge in [-0.05, 0) is 24.6 Å². The number of aromatic nitrogens is 4. The molecule has 0 bridgehead atoms. The molecule has 19 heavy (non-hydrogen) atoms. The lowest BCUT2D eigenvalue weighted by molar-refractivity contribution is 0.430. The average molecular weight is 254 g/mol. The summed E-state index contributed by atoms with van der Waals surface area (Å²) in [6.45, 7) is 1.92. The standard InChI is InChI=1S/C13H10N4O2/c1-8-3-2-4-15-11(8)12-16-13(19-17-12)9-5-10(18)7-14-6-9/h2-7,18H,1H3. The fourth-order valence-corrected chi connectivity index (χ4v) is 1.70. The highest BCUT2D eigenvalue weighted by molar-refractivity contribution is 5.59. The van der Waals surface area contributed by atoms with E-state index in [1.54, 1.807) is 12.4 Å². The molecule has 0 saturated carbocycles. The third kappa shape index (κ3) is 2.15. The largest absolute Gasteiger partial charge is 0.506 e. The lowest BCUT2D eigenvalue weighted by Gasteiger charge is -1.97. The van der Waals surface area contributed by atoms with Crippen molar-refractivity contribution in [3.63, 3.8) is 0 Å². The Labute approximate surface area is 108 Å². The molecule has 3 heterocycles. The lowest BCUT2D eigenvalue weighted by Crippen LogP contribution is -1.89. The minimum absolute atomic E-state index is 0.0475. The molecule has 3 aromatic rings. The normalized spacial score (nSPS) is 10.6. The number of hydrogen-bond donors (Lipinski definition) is 1. The van der Waals surface area contributed by atoms with Crippen molar-refractivity contribution in [3.05, 3.63) is 42.4 Å². The maximum atomic E-state index is 9.38. The Kier molecular flexibility index (Phi) is 2.68. The van der Waals surface area contributed by atoms with Crippen molar-refractivity contribution in [2.75, 3.05) is 0 Å². The van der Waals surface area contributed by atoms with Gasteiger partial charge in [-0.3, -0.25) is 9.97 Å². The first-order chi connectivity index (χ1) is 9.24. The second-order valence-electron chi connectivity index (χ2n) is 4.02. The fourth-order valence-electron chi connectivity index (χ4n) is 1.70. The predicted octanol–water partition coefficient (Wildman–Crippen LogP) is 2.21. The highest BCUT2D eigenvalue weighted by atomic mass is 16.5. The summed E-state index contributed by atoms with van der Waals surface area (Å²) in [6.07, 6.45) is 4.56. The Morgan fingerprint density at radius 3 is 2.95 bits per heavy atom. The Morgan fingerprint density at radius 1 is 1.26 bits per heavy atom. The van der Waals surface area contributed by atoms with Crippen molar-refractivity contribution in [1.82, 2.24) is 20.1 Å². The first-order valence-corrected chi connectivity index (χ1v) is 5.64. The molecular formula is C13H10N4O2. The summed E-state index contributed by atoms with van der Waals surface area (Å²) < 4.78 is 5.16. The van der Waals surface area contributed by atoms with E-state index in [0.717, 1.165) is 5.56 Å². The van der Waals surface area contributed by atoms with Crippen LogP contribution in [-0.2, 0) is 0 Å². The van der Waals surface area contributed by atoms with Crippen molar-refractivity contribution in [3.8, 4) is 28.7 Å². The summed E-state index contributed by atoms with van der Waals surface area (Å²) in [5, 5.41) is 13.3. The van der Waals surface area contributed by atoms with Crippen molar-refractivity contribution < 1.29 is 9.63 Å². The van der Waals surface area contributed by atoms with Crippen molar-refractivity contribution in [2.45, 2.75) is 6.92 Å². The van der Waals surface area contributed by atoms with Gasteiger partial charge >= 0.3 is 0 Å². The molecule has 0 fully saturated rings. The minimum Gasteiger partial charge on any atom is -0.506 e. The number of rotatable bonds is 2. The van der Waals surface area contributed by atoms with Crippen LogP contribution in [0.1, 0.15) is 5.56 Å². The number of aryl methyl sites for hydroxylation is 1. The zero-order chi connectivity index (χ0) is 13.2. The molecule has 0 saturated heterocycles. The Hall–Kier alpha value is -2.76. The van der Waals surface area contributed by atoms with E-state index in [9.17, 15) is 5.11 Å². The van der Waals surface area contributed by atoms with Crippen LogP contribution in [0.2, 0.25) is 0 Å². The topological polar surface area (TPSA) is 84.9 Å². The molecule has 0 radical (unpaired) electrons. The Bertz CT molecular complexity index is 724. The number of hydrogen-bond acceptors (Lipinski definition) is 6. The molecule has 3 aromatic heterocycles. The number of nitrogens with zero attached hydrogens (tertiary/aromatic N) is 4. The summed E-state index contributed by atoms with van der Waals surface area (Å²) in [5.41, 5.74) is 2.20. The monoisotopic (exact) mass is 254 g/mol. The highest BCUT2D eigenvalue weighted by Crippen LogP contribution is 2.23. The first kappa shape index (κ1) is 11.3. The molecule has 3 rings (SSSR count). The average Bonchev–Trinajstić information content (AvgIpc) is 2.89. The summed E-state index contributed by atoms with van der Waals surface area (Å²) in [5.74, 6) is 0.756. The van der Waals surface area contributed by atoms with Crippen LogP contribution in [0.4, 0.5) is 0 Å². The van der Waals surface area contributed by atoms with Crippen LogP contribution in [0.15, 0.2) is 41.3 Å². The third-order valence-corrected chi connectivity index (χ3v) is 2.62. The van der Waals surface area contributed by atoms with Crippen LogP contribution in [0.3, 0.4) is 0 Å². The van der Waals surface area contributed by atoms with Crippen LogP contribution < -0.4 is 0 Å². The van der Waals surface area contributed by atoms with Gasteiger partial charge in [0.25, 0.3) is 5.89 Å².